The highest BCUT2D eigenvalue weighted by molar-refractivity contribution is 5.49. The first kappa shape index (κ1) is 6.93. The van der Waals surface area contributed by atoms with E-state index in [0.29, 0.717) is 0 Å². The van der Waals surface area contributed by atoms with E-state index in [4.69, 9.17) is 27.3 Å². The van der Waals surface area contributed by atoms with Crippen LogP contribution in [-0.2, 0) is 6.37 Å². The summed E-state index contributed by atoms with van der Waals surface area (Å²) in [5.41, 5.74) is -0.943. The van der Waals surface area contributed by atoms with Crippen LogP contribution in [-0.4, -0.2) is 43.2 Å². The lowest BCUT2D eigenvalue weighted by Gasteiger charge is -2.46. The average Bonchev–Trinajstić information content (AvgIpc) is 2.67. The first-order valence-corrected chi connectivity index (χ1v) is 7.35. The monoisotopic (exact) mass is 332 g/mol. The molecule has 0 saturated carbocycles. The van der Waals surface area contributed by atoms with E-state index >= 15 is 0 Å². The zero-order chi connectivity index (χ0) is 28.1. The predicted molar refractivity (Wildman–Crippen MR) is 91.1 cm³/mol. The van der Waals surface area contributed by atoms with E-state index in [9.17, 15) is 5.11 Å². The first-order chi connectivity index (χ1) is 15.9. The summed E-state index contributed by atoms with van der Waals surface area (Å²) >= 11 is 0. The van der Waals surface area contributed by atoms with Crippen molar-refractivity contribution in [3.05, 3.63) is 23.3 Å². The van der Waals surface area contributed by atoms with Gasteiger partial charge in [-0.15, -0.1) is 0 Å². The number of hydrogen-bond donors (Lipinski definition) is 1. The molecule has 0 spiro atoms. The number of piperidine rings is 1. The van der Waals surface area contributed by atoms with Gasteiger partial charge >= 0.3 is 0 Å². The summed E-state index contributed by atoms with van der Waals surface area (Å²) < 4.78 is 119. The Morgan fingerprint density at radius 1 is 1.43 bits per heavy atom. The zero-order valence-corrected chi connectivity index (χ0v) is 13.2. The van der Waals surface area contributed by atoms with Gasteiger partial charge in [0.15, 0.2) is 11.5 Å². The molecule has 0 amide bonds. The molecule has 2 aliphatic heterocycles. The van der Waals surface area contributed by atoms with E-state index in [-0.39, 0.29) is 10.6 Å². The maximum Gasteiger partial charge on any atom is 0.161 e. The van der Waals surface area contributed by atoms with Crippen LogP contribution in [0, 0.1) is 11.8 Å². The van der Waals surface area contributed by atoms with Crippen molar-refractivity contribution in [2.45, 2.75) is 45.1 Å². The fraction of sp³-hybridized carbons (Fsp3) is 0.684. The van der Waals surface area contributed by atoms with Crippen LogP contribution in [0.25, 0.3) is 0 Å². The Balaban J connectivity index is 2.47. The maximum atomic E-state index is 11.2. The number of rotatable bonds is 4. The van der Waals surface area contributed by atoms with Gasteiger partial charge in [-0.05, 0) is 54.2 Å². The van der Waals surface area contributed by atoms with E-state index in [1.54, 1.807) is 13.8 Å². The molecule has 2 aliphatic rings. The topological polar surface area (TPSA) is 41.9 Å². The molecule has 3 unspecified atom stereocenters. The number of benzene rings is 1. The van der Waals surface area contributed by atoms with Gasteiger partial charge in [0, 0.05) is 31.4 Å². The number of nitrogens with zero attached hydrogens (tertiary/aromatic N) is 1. The van der Waals surface area contributed by atoms with E-state index in [1.807, 2.05) is 0 Å². The Bertz CT molecular complexity index is 1040. The van der Waals surface area contributed by atoms with Gasteiger partial charge in [-0.2, -0.15) is 0 Å². The summed E-state index contributed by atoms with van der Waals surface area (Å²) in [5, 5.41) is 11.2. The van der Waals surface area contributed by atoms with Crippen LogP contribution < -0.4 is 9.47 Å². The van der Waals surface area contributed by atoms with Crippen molar-refractivity contribution < 1.29 is 32.4 Å². The van der Waals surface area contributed by atoms with Crippen LogP contribution in [0.5, 0.6) is 11.5 Å². The van der Waals surface area contributed by atoms with E-state index in [1.165, 1.54) is 0 Å². The van der Waals surface area contributed by atoms with Crippen LogP contribution in [0.15, 0.2) is 12.1 Å². The fourth-order valence-electron chi connectivity index (χ4n) is 2.67. The van der Waals surface area contributed by atoms with Crippen molar-refractivity contribution in [3.63, 3.8) is 0 Å². The van der Waals surface area contributed by atoms with Crippen molar-refractivity contribution in [1.82, 2.24) is 4.90 Å². The van der Waals surface area contributed by atoms with Crippen molar-refractivity contribution in [2.24, 2.45) is 11.8 Å². The molecule has 128 valence electrons. The lowest BCUT2D eigenvalue weighted by Crippen LogP contribution is -2.48. The summed E-state index contributed by atoms with van der Waals surface area (Å²) in [6.45, 7) is -3.44. The van der Waals surface area contributed by atoms with E-state index in [2.05, 4.69) is 0 Å². The van der Waals surface area contributed by atoms with Crippen LogP contribution in [0.4, 0.5) is 0 Å². The van der Waals surface area contributed by atoms with E-state index < -0.39 is 80.0 Å². The van der Waals surface area contributed by atoms with Crippen molar-refractivity contribution in [2.75, 3.05) is 27.1 Å². The second-order valence-electron chi connectivity index (χ2n) is 5.88. The van der Waals surface area contributed by atoms with Gasteiger partial charge in [0.1, 0.15) is 0 Å². The summed E-state index contributed by atoms with van der Waals surface area (Å²) in [6, 6.07) is -0.315. The SMILES string of the molecule is [2H]C([2H])([2H])Oc1cc2c(cc1OC)C([2H])([2H])C([2H])([2H])N1C2C([2H])([2H])C([2H])(O)C([2H])(CC(C)C)C1([2H])[2H]. The summed E-state index contributed by atoms with van der Waals surface area (Å²) in [5.74, 6) is -4.26. The minimum absolute atomic E-state index is 0.228. The zero-order valence-electron chi connectivity index (χ0n) is 26.2. The fourth-order valence-corrected chi connectivity index (χ4v) is 2.67. The van der Waals surface area contributed by atoms with Gasteiger partial charge in [0.05, 0.1) is 25.7 Å². The van der Waals surface area contributed by atoms with Gasteiger partial charge in [-0.1, -0.05) is 13.8 Å². The lowest BCUT2D eigenvalue weighted by molar-refractivity contribution is -0.0191. The molecule has 2 heterocycles. The minimum atomic E-state index is -3.45. The second-order valence-corrected chi connectivity index (χ2v) is 5.88. The number of aryl methyl sites for hydroxylation is 1. The van der Waals surface area contributed by atoms with Crippen LogP contribution in [0.2, 0.25) is 0 Å². The molecule has 4 nitrogen and oxygen atoms in total. The molecule has 0 aromatic heterocycles. The lowest BCUT2D eigenvalue weighted by atomic mass is 9.79. The van der Waals surface area contributed by atoms with E-state index in [0.717, 1.165) is 19.2 Å². The maximum absolute atomic E-state index is 11.2. The molecular weight excluding hydrogens is 290 g/mol. The van der Waals surface area contributed by atoms with Crippen LogP contribution in [0.3, 0.4) is 0 Å². The molecule has 1 aromatic carbocycles. The van der Waals surface area contributed by atoms with Crippen molar-refractivity contribution in [3.8, 4) is 11.5 Å². The predicted octanol–water partition coefficient (Wildman–Crippen LogP) is 3.03. The Morgan fingerprint density at radius 2 is 2.22 bits per heavy atom. The summed E-state index contributed by atoms with van der Waals surface area (Å²) in [7, 11) is -1.87. The van der Waals surface area contributed by atoms with Crippen LogP contribution >= 0.6 is 0 Å². The third kappa shape index (κ3) is 3.20. The van der Waals surface area contributed by atoms with Gasteiger partial charge in [-0.25, -0.2) is 0 Å². The molecule has 1 N–H and O–H groups in total. The molecule has 0 radical (unpaired) electrons. The smallest absolute Gasteiger partial charge is 0.161 e. The third-order valence-corrected chi connectivity index (χ3v) is 3.74. The quantitative estimate of drug-likeness (QED) is 0.920. The molecule has 4 heteroatoms. The number of hydrogen-bond acceptors (Lipinski definition) is 4. The van der Waals surface area contributed by atoms with Gasteiger partial charge < -0.3 is 14.6 Å². The molecular formula is C19H29NO3. The summed E-state index contributed by atoms with van der Waals surface area (Å²) in [6.07, 6.45) is -10.3. The first-order valence-electron chi connectivity index (χ1n) is 13.8. The number of methoxy groups -OCH3 is 2. The average molecular weight is 333 g/mol. The molecule has 1 saturated heterocycles. The highest BCUT2D eigenvalue weighted by Gasteiger charge is 2.38. The number of aliphatic hydroxyl groups is 1. The second kappa shape index (κ2) is 6.70. The van der Waals surface area contributed by atoms with Gasteiger partial charge in [0.2, 0.25) is 0 Å². The van der Waals surface area contributed by atoms with Crippen LogP contribution in [0.1, 0.15) is 61.6 Å². The Hall–Kier alpha value is -1.26. The number of ether oxygens (including phenoxy) is 2. The number of fused-ring (bicyclic) bond motifs is 3. The standard InChI is InChI=1S/C19H29NO3/c1-12(2)7-14-11-20-6-5-13-8-18(22-3)19(23-4)9-15(13)16(20)10-17(14)21/h8-9,12,14,16-17,21H,5-7,10-11H2,1-4H3/i4D3,5D2,6D2,10D2,11D2,14D,17D. The Kier molecular flexibility index (Phi) is 2.02. The Labute approximate surface area is 157 Å². The Morgan fingerprint density at radius 3 is 2.91 bits per heavy atom. The van der Waals surface area contributed by atoms with Gasteiger partial charge in [-0.3, -0.25) is 4.90 Å². The van der Waals surface area contributed by atoms with Crippen molar-refractivity contribution in [1.29, 1.82) is 0 Å². The summed E-state index contributed by atoms with van der Waals surface area (Å²) in [4.78, 5) is 0.228. The minimum Gasteiger partial charge on any atom is -0.493 e. The van der Waals surface area contributed by atoms with Crippen molar-refractivity contribution >= 4 is 0 Å². The largest absolute Gasteiger partial charge is 0.493 e. The molecule has 1 aromatic rings. The highest BCUT2D eigenvalue weighted by atomic mass is 16.5. The normalized spacial score (nSPS) is 51.5. The molecule has 3 rings (SSSR count). The van der Waals surface area contributed by atoms with Gasteiger partial charge in [0.25, 0.3) is 0 Å². The molecule has 0 aliphatic carbocycles. The molecule has 0 bridgehead atoms. The third-order valence-electron chi connectivity index (χ3n) is 3.74. The molecule has 23 heavy (non-hydrogen) atoms. The molecule has 3 atom stereocenters. The molecule has 1 fully saturated rings. The highest BCUT2D eigenvalue weighted by Crippen LogP contribution is 2.43.